The first kappa shape index (κ1) is 8.81. The lowest BCUT2D eigenvalue weighted by Gasteiger charge is -2.05. The van der Waals surface area contributed by atoms with E-state index < -0.39 is 0 Å². The second-order valence-electron chi connectivity index (χ2n) is 3.20. The van der Waals surface area contributed by atoms with Crippen LogP contribution < -0.4 is 4.74 Å². The van der Waals surface area contributed by atoms with E-state index in [9.17, 15) is 4.79 Å². The smallest absolute Gasteiger partial charge is 0.153 e. The number of carbonyl (C=O) groups is 1. The van der Waals surface area contributed by atoms with Gasteiger partial charge >= 0.3 is 0 Å². The van der Waals surface area contributed by atoms with Gasteiger partial charge in [-0.2, -0.15) is 0 Å². The second-order valence-corrected chi connectivity index (χ2v) is 3.20. The van der Waals surface area contributed by atoms with Gasteiger partial charge in [0.25, 0.3) is 0 Å². The van der Waals surface area contributed by atoms with Gasteiger partial charge in [0.15, 0.2) is 6.29 Å². The van der Waals surface area contributed by atoms with Crippen molar-refractivity contribution in [1.29, 1.82) is 0 Å². The average Bonchev–Trinajstić information content (AvgIpc) is 2.59. The molecule has 0 unspecified atom stereocenters. The van der Waals surface area contributed by atoms with E-state index in [1.165, 1.54) is 0 Å². The zero-order chi connectivity index (χ0) is 10.1. The third-order valence-corrected chi connectivity index (χ3v) is 2.36. The Morgan fingerprint density at radius 3 is 2.86 bits per heavy atom. The maximum atomic E-state index is 10.8. The summed E-state index contributed by atoms with van der Waals surface area (Å²) < 4.78 is 5.24. The van der Waals surface area contributed by atoms with Crippen LogP contribution in [-0.2, 0) is 0 Å². The van der Waals surface area contributed by atoms with Crippen molar-refractivity contribution in [2.24, 2.45) is 0 Å². The summed E-state index contributed by atoms with van der Waals surface area (Å²) in [4.78, 5) is 13.9. The minimum atomic E-state index is 0.586. The molecule has 0 atom stereocenters. The lowest BCUT2D eigenvalue weighted by Crippen LogP contribution is -1.91. The number of aldehydes is 1. The Kier molecular flexibility index (Phi) is 2.00. The van der Waals surface area contributed by atoms with Gasteiger partial charge in [0, 0.05) is 17.1 Å². The van der Waals surface area contributed by atoms with Crippen LogP contribution in [0.1, 0.15) is 15.9 Å². The molecule has 3 nitrogen and oxygen atoms in total. The van der Waals surface area contributed by atoms with Crippen LogP contribution in [0.4, 0.5) is 0 Å². The highest BCUT2D eigenvalue weighted by atomic mass is 16.5. The molecule has 0 aliphatic heterocycles. The van der Waals surface area contributed by atoms with Gasteiger partial charge in [-0.25, -0.2) is 0 Å². The van der Waals surface area contributed by atoms with Crippen molar-refractivity contribution in [1.82, 2.24) is 4.98 Å². The third kappa shape index (κ3) is 1.09. The van der Waals surface area contributed by atoms with Gasteiger partial charge in [-0.1, -0.05) is 0 Å². The average molecular weight is 189 g/mol. The molecule has 0 spiro atoms. The monoisotopic (exact) mass is 189 g/mol. The predicted octanol–water partition coefficient (Wildman–Crippen LogP) is 2.30. The van der Waals surface area contributed by atoms with Crippen molar-refractivity contribution in [2.45, 2.75) is 6.92 Å². The third-order valence-electron chi connectivity index (χ3n) is 2.36. The molecule has 72 valence electrons. The number of rotatable bonds is 2. The molecule has 1 heterocycles. The van der Waals surface area contributed by atoms with Crippen LogP contribution in [0, 0.1) is 6.92 Å². The summed E-state index contributed by atoms with van der Waals surface area (Å²) in [6, 6.07) is 3.64. The van der Waals surface area contributed by atoms with Gasteiger partial charge in [-0.3, -0.25) is 4.79 Å². The molecule has 1 aromatic carbocycles. The first-order valence-electron chi connectivity index (χ1n) is 4.37. The Hall–Kier alpha value is -1.77. The SMILES string of the molecule is COc1c(C=O)ccc2[nH]cc(C)c12. The molecule has 2 aromatic rings. The van der Waals surface area contributed by atoms with Crippen molar-refractivity contribution in [3.05, 3.63) is 29.5 Å². The summed E-state index contributed by atoms with van der Waals surface area (Å²) in [5, 5.41) is 0.983. The molecule has 0 saturated heterocycles. The van der Waals surface area contributed by atoms with Crippen LogP contribution in [0.15, 0.2) is 18.3 Å². The fraction of sp³-hybridized carbons (Fsp3) is 0.182. The number of aromatic amines is 1. The van der Waals surface area contributed by atoms with E-state index in [-0.39, 0.29) is 0 Å². The lowest BCUT2D eigenvalue weighted by atomic mass is 10.1. The fourth-order valence-electron chi connectivity index (χ4n) is 1.68. The number of hydrogen-bond donors (Lipinski definition) is 1. The molecule has 3 heteroatoms. The molecule has 2 rings (SSSR count). The number of carbonyl (C=O) groups excluding carboxylic acids is 1. The number of H-pyrrole nitrogens is 1. The van der Waals surface area contributed by atoms with Crippen LogP contribution >= 0.6 is 0 Å². The van der Waals surface area contributed by atoms with E-state index in [4.69, 9.17) is 4.74 Å². The number of methoxy groups -OCH3 is 1. The van der Waals surface area contributed by atoms with Gasteiger partial charge in [0.05, 0.1) is 12.7 Å². The van der Waals surface area contributed by atoms with E-state index in [1.54, 1.807) is 13.2 Å². The largest absolute Gasteiger partial charge is 0.495 e. The maximum Gasteiger partial charge on any atom is 0.153 e. The summed E-state index contributed by atoms with van der Waals surface area (Å²) in [6.07, 6.45) is 2.71. The Balaban J connectivity index is 2.87. The zero-order valence-corrected chi connectivity index (χ0v) is 8.13. The summed E-state index contributed by atoms with van der Waals surface area (Å²) in [7, 11) is 1.58. The van der Waals surface area contributed by atoms with E-state index in [2.05, 4.69) is 4.98 Å². The number of nitrogens with one attached hydrogen (secondary N) is 1. The van der Waals surface area contributed by atoms with Crippen LogP contribution in [0.5, 0.6) is 5.75 Å². The molecule has 0 bridgehead atoms. The van der Waals surface area contributed by atoms with Gasteiger partial charge in [-0.05, 0) is 24.6 Å². The van der Waals surface area contributed by atoms with Gasteiger partial charge in [-0.15, -0.1) is 0 Å². The number of fused-ring (bicyclic) bond motifs is 1. The predicted molar refractivity (Wildman–Crippen MR) is 55.0 cm³/mol. The van der Waals surface area contributed by atoms with E-state index in [1.807, 2.05) is 19.2 Å². The van der Waals surface area contributed by atoms with Crippen LogP contribution in [0.25, 0.3) is 10.9 Å². The highest BCUT2D eigenvalue weighted by Gasteiger charge is 2.10. The number of benzene rings is 1. The lowest BCUT2D eigenvalue weighted by molar-refractivity contribution is 0.112. The normalized spacial score (nSPS) is 10.4. The summed E-state index contributed by atoms with van der Waals surface area (Å²) in [5.74, 6) is 0.649. The van der Waals surface area contributed by atoms with Crippen LogP contribution in [0.2, 0.25) is 0 Å². The highest BCUT2D eigenvalue weighted by Crippen LogP contribution is 2.30. The number of aryl methyl sites for hydroxylation is 1. The van der Waals surface area contributed by atoms with Crippen molar-refractivity contribution in [3.63, 3.8) is 0 Å². The molecule has 0 aliphatic rings. The Labute approximate surface area is 81.7 Å². The number of hydrogen-bond acceptors (Lipinski definition) is 2. The summed E-state index contributed by atoms with van der Waals surface area (Å²) >= 11 is 0. The summed E-state index contributed by atoms with van der Waals surface area (Å²) in [5.41, 5.74) is 2.66. The van der Waals surface area contributed by atoms with E-state index in [0.717, 1.165) is 22.8 Å². The standard InChI is InChI=1S/C11H11NO2/c1-7-5-12-9-4-3-8(6-13)11(14-2)10(7)9/h3-6,12H,1-2H3. The minimum Gasteiger partial charge on any atom is -0.495 e. The molecule has 0 saturated carbocycles. The van der Waals surface area contributed by atoms with Crippen molar-refractivity contribution in [2.75, 3.05) is 7.11 Å². The van der Waals surface area contributed by atoms with Gasteiger partial charge < -0.3 is 9.72 Å². The van der Waals surface area contributed by atoms with E-state index >= 15 is 0 Å². The molecule has 1 N–H and O–H groups in total. The molecule has 14 heavy (non-hydrogen) atoms. The number of aromatic nitrogens is 1. The fourth-order valence-corrected chi connectivity index (χ4v) is 1.68. The first-order valence-corrected chi connectivity index (χ1v) is 4.37. The van der Waals surface area contributed by atoms with Crippen molar-refractivity contribution < 1.29 is 9.53 Å². The Bertz CT molecular complexity index is 485. The Morgan fingerprint density at radius 1 is 1.43 bits per heavy atom. The molecule has 0 fully saturated rings. The van der Waals surface area contributed by atoms with Gasteiger partial charge in [0.1, 0.15) is 5.75 Å². The number of ether oxygens (including phenoxy) is 1. The molecule has 0 amide bonds. The van der Waals surface area contributed by atoms with Crippen LogP contribution in [-0.4, -0.2) is 18.4 Å². The van der Waals surface area contributed by atoms with Crippen molar-refractivity contribution >= 4 is 17.2 Å². The first-order chi connectivity index (χ1) is 6.77. The zero-order valence-electron chi connectivity index (χ0n) is 8.13. The molecular formula is C11H11NO2. The maximum absolute atomic E-state index is 10.8. The molecule has 0 radical (unpaired) electrons. The van der Waals surface area contributed by atoms with E-state index in [0.29, 0.717) is 11.3 Å². The minimum absolute atomic E-state index is 0.586. The second kappa shape index (κ2) is 3.18. The van der Waals surface area contributed by atoms with Gasteiger partial charge in [0.2, 0.25) is 0 Å². The molecular weight excluding hydrogens is 178 g/mol. The van der Waals surface area contributed by atoms with Crippen molar-refractivity contribution in [3.8, 4) is 5.75 Å². The molecule has 0 aliphatic carbocycles. The Morgan fingerprint density at radius 2 is 2.21 bits per heavy atom. The quantitative estimate of drug-likeness (QED) is 0.736. The highest BCUT2D eigenvalue weighted by molar-refractivity contribution is 5.96. The van der Waals surface area contributed by atoms with Crippen LogP contribution in [0.3, 0.4) is 0 Å². The molecule has 1 aromatic heterocycles. The summed E-state index contributed by atoms with van der Waals surface area (Å²) in [6.45, 7) is 1.98. The topological polar surface area (TPSA) is 42.1 Å².